The summed E-state index contributed by atoms with van der Waals surface area (Å²) in [5, 5.41) is 3.57. The van der Waals surface area contributed by atoms with Crippen molar-refractivity contribution in [3.05, 3.63) is 28.2 Å². The quantitative estimate of drug-likeness (QED) is 0.775. The number of amidine groups is 1. The van der Waals surface area contributed by atoms with Gasteiger partial charge in [0.1, 0.15) is 11.6 Å². The minimum absolute atomic E-state index is 0.164. The molecule has 1 aromatic rings. The van der Waals surface area contributed by atoms with Gasteiger partial charge in [-0.05, 0) is 27.4 Å². The second-order valence-corrected chi connectivity index (χ2v) is 6.76. The third-order valence-electron chi connectivity index (χ3n) is 2.50. The van der Waals surface area contributed by atoms with Crippen LogP contribution in [0.1, 0.15) is 13.8 Å². The molecule has 18 heavy (non-hydrogen) atoms. The summed E-state index contributed by atoms with van der Waals surface area (Å²) in [5.74, 6) is -0.315. The van der Waals surface area contributed by atoms with Gasteiger partial charge in [0, 0.05) is 18.4 Å². The minimum Gasteiger partial charge on any atom is -0.333 e. The maximum atomic E-state index is 13.5. The lowest BCUT2D eigenvalue weighted by atomic mass is 9.97. The van der Waals surface area contributed by atoms with Gasteiger partial charge in [-0.1, -0.05) is 25.6 Å². The largest absolute Gasteiger partial charge is 0.333 e. The van der Waals surface area contributed by atoms with Crippen LogP contribution in [0.5, 0.6) is 0 Å². The number of benzene rings is 1. The number of rotatable bonds is 1. The molecule has 6 heteroatoms. The van der Waals surface area contributed by atoms with E-state index >= 15 is 0 Å². The topological polar surface area (TPSA) is 24.4 Å². The first-order valence-electron chi connectivity index (χ1n) is 5.46. The number of halogens is 3. The summed E-state index contributed by atoms with van der Waals surface area (Å²) < 4.78 is 26.9. The fraction of sp³-hybridized carbons (Fsp3) is 0.417. The Hall–Kier alpha value is -0.620. The number of anilines is 1. The lowest BCUT2D eigenvalue weighted by Gasteiger charge is -2.27. The van der Waals surface area contributed by atoms with Gasteiger partial charge in [-0.25, -0.2) is 8.78 Å². The molecule has 1 N–H and O–H groups in total. The van der Waals surface area contributed by atoms with Crippen molar-refractivity contribution >= 4 is 38.5 Å². The SMILES string of the molecule is CC1(C)CN=C(Nc2cc(Br)c(F)cc2F)SC1. The van der Waals surface area contributed by atoms with Crippen molar-refractivity contribution in [3.63, 3.8) is 0 Å². The van der Waals surface area contributed by atoms with Gasteiger partial charge in [-0.2, -0.15) is 0 Å². The molecule has 0 aromatic heterocycles. The Morgan fingerprint density at radius 3 is 2.67 bits per heavy atom. The standard InChI is InChI=1S/C12H13BrF2N2S/c1-12(2)5-16-11(18-6-12)17-10-3-7(13)8(14)4-9(10)15/h3-4H,5-6H2,1-2H3,(H,16,17). The number of thioether (sulfide) groups is 1. The van der Waals surface area contributed by atoms with Gasteiger partial charge in [0.2, 0.25) is 0 Å². The molecule has 0 amide bonds. The molecular formula is C12H13BrF2N2S. The van der Waals surface area contributed by atoms with Crippen LogP contribution < -0.4 is 5.32 Å². The van der Waals surface area contributed by atoms with E-state index in [1.54, 1.807) is 11.8 Å². The average Bonchev–Trinajstić information content (AvgIpc) is 2.28. The number of hydrogen-bond donors (Lipinski definition) is 1. The molecular weight excluding hydrogens is 322 g/mol. The van der Waals surface area contributed by atoms with E-state index in [0.29, 0.717) is 11.7 Å². The van der Waals surface area contributed by atoms with Crippen LogP contribution in [0.15, 0.2) is 21.6 Å². The second-order valence-electron chi connectivity index (χ2n) is 4.95. The summed E-state index contributed by atoms with van der Waals surface area (Å²) in [6.07, 6.45) is 0. The summed E-state index contributed by atoms with van der Waals surface area (Å²) in [7, 11) is 0. The molecule has 0 atom stereocenters. The molecule has 0 aliphatic carbocycles. The van der Waals surface area contributed by atoms with E-state index in [1.807, 2.05) is 0 Å². The normalized spacial score (nSPS) is 18.4. The van der Waals surface area contributed by atoms with Crippen molar-refractivity contribution in [1.82, 2.24) is 0 Å². The maximum absolute atomic E-state index is 13.5. The predicted molar refractivity (Wildman–Crippen MR) is 76.2 cm³/mol. The molecule has 2 nitrogen and oxygen atoms in total. The first kappa shape index (κ1) is 13.8. The van der Waals surface area contributed by atoms with Gasteiger partial charge >= 0.3 is 0 Å². The Morgan fingerprint density at radius 2 is 2.06 bits per heavy atom. The summed E-state index contributed by atoms with van der Waals surface area (Å²) >= 11 is 4.58. The summed E-state index contributed by atoms with van der Waals surface area (Å²) in [5.41, 5.74) is 0.395. The molecule has 0 bridgehead atoms. The highest BCUT2D eigenvalue weighted by Crippen LogP contribution is 2.30. The second kappa shape index (κ2) is 5.17. The van der Waals surface area contributed by atoms with E-state index in [9.17, 15) is 8.78 Å². The first-order valence-corrected chi connectivity index (χ1v) is 7.24. The zero-order chi connectivity index (χ0) is 13.3. The molecule has 0 radical (unpaired) electrons. The van der Waals surface area contributed by atoms with Crippen molar-refractivity contribution in [2.24, 2.45) is 10.4 Å². The van der Waals surface area contributed by atoms with E-state index in [1.165, 1.54) is 6.07 Å². The van der Waals surface area contributed by atoms with E-state index in [0.717, 1.165) is 11.8 Å². The number of nitrogens with zero attached hydrogens (tertiary/aromatic N) is 1. The molecule has 0 fully saturated rings. The monoisotopic (exact) mass is 334 g/mol. The molecule has 1 aliphatic rings. The lowest BCUT2D eigenvalue weighted by molar-refractivity contribution is 0.438. The molecule has 0 spiro atoms. The van der Waals surface area contributed by atoms with E-state index < -0.39 is 11.6 Å². The third-order valence-corrected chi connectivity index (χ3v) is 4.54. The molecule has 98 valence electrons. The third kappa shape index (κ3) is 3.23. The van der Waals surface area contributed by atoms with Crippen LogP contribution in [-0.4, -0.2) is 17.5 Å². The van der Waals surface area contributed by atoms with Gasteiger partial charge in [-0.3, -0.25) is 4.99 Å². The zero-order valence-electron chi connectivity index (χ0n) is 10.1. The Morgan fingerprint density at radius 1 is 1.33 bits per heavy atom. The molecule has 0 saturated carbocycles. The maximum Gasteiger partial charge on any atom is 0.161 e. The van der Waals surface area contributed by atoms with E-state index in [4.69, 9.17) is 0 Å². The Kier molecular flexibility index (Phi) is 3.96. The molecule has 0 saturated heterocycles. The molecule has 1 aromatic carbocycles. The van der Waals surface area contributed by atoms with E-state index in [-0.39, 0.29) is 15.6 Å². The average molecular weight is 335 g/mol. The van der Waals surface area contributed by atoms with Crippen LogP contribution in [0.25, 0.3) is 0 Å². The van der Waals surface area contributed by atoms with Crippen LogP contribution in [-0.2, 0) is 0 Å². The lowest BCUT2D eigenvalue weighted by Crippen LogP contribution is -2.27. The van der Waals surface area contributed by atoms with Crippen LogP contribution in [0.4, 0.5) is 14.5 Å². The highest BCUT2D eigenvalue weighted by Gasteiger charge is 2.23. The number of aliphatic imine (C=N–C) groups is 1. The number of hydrogen-bond acceptors (Lipinski definition) is 3. The van der Waals surface area contributed by atoms with Crippen LogP contribution in [0.2, 0.25) is 0 Å². The molecule has 1 aliphatic heterocycles. The van der Waals surface area contributed by atoms with Crippen molar-refractivity contribution in [2.45, 2.75) is 13.8 Å². The summed E-state index contributed by atoms with van der Waals surface area (Å²) in [4.78, 5) is 4.36. The smallest absolute Gasteiger partial charge is 0.161 e. The molecule has 1 heterocycles. The Labute approximate surface area is 117 Å². The zero-order valence-corrected chi connectivity index (χ0v) is 12.5. The first-order chi connectivity index (χ1) is 8.37. The van der Waals surface area contributed by atoms with Gasteiger partial charge in [-0.15, -0.1) is 0 Å². The van der Waals surface area contributed by atoms with Crippen molar-refractivity contribution in [3.8, 4) is 0 Å². The number of nitrogens with one attached hydrogen (secondary N) is 1. The minimum atomic E-state index is -0.621. The Balaban J connectivity index is 2.16. The predicted octanol–water partition coefficient (Wildman–Crippen LogP) is 4.27. The van der Waals surface area contributed by atoms with Gasteiger partial charge in [0.05, 0.1) is 10.2 Å². The Bertz CT molecular complexity index is 503. The van der Waals surface area contributed by atoms with Gasteiger partial charge in [0.25, 0.3) is 0 Å². The van der Waals surface area contributed by atoms with Gasteiger partial charge < -0.3 is 5.32 Å². The van der Waals surface area contributed by atoms with E-state index in [2.05, 4.69) is 40.1 Å². The highest BCUT2D eigenvalue weighted by molar-refractivity contribution is 9.10. The fourth-order valence-electron chi connectivity index (χ4n) is 1.45. The van der Waals surface area contributed by atoms with Crippen LogP contribution >= 0.6 is 27.7 Å². The fourth-order valence-corrected chi connectivity index (χ4v) is 2.75. The summed E-state index contributed by atoms with van der Waals surface area (Å²) in [6.45, 7) is 4.97. The van der Waals surface area contributed by atoms with Crippen molar-refractivity contribution < 1.29 is 8.78 Å². The van der Waals surface area contributed by atoms with Crippen LogP contribution in [0, 0.1) is 17.0 Å². The van der Waals surface area contributed by atoms with Crippen LogP contribution in [0.3, 0.4) is 0 Å². The highest BCUT2D eigenvalue weighted by atomic mass is 79.9. The summed E-state index contributed by atoms with van der Waals surface area (Å²) in [6, 6.07) is 2.23. The van der Waals surface area contributed by atoms with Gasteiger partial charge in [0.15, 0.2) is 5.17 Å². The molecule has 2 rings (SSSR count). The molecule has 0 unspecified atom stereocenters. The van der Waals surface area contributed by atoms with Crippen molar-refractivity contribution in [1.29, 1.82) is 0 Å². The van der Waals surface area contributed by atoms with Crippen molar-refractivity contribution in [2.75, 3.05) is 17.6 Å².